The zero-order valence-electron chi connectivity index (χ0n) is 20.2. The molecule has 2 aromatic heterocycles. The van der Waals surface area contributed by atoms with Crippen LogP contribution in [0.1, 0.15) is 29.5 Å². The van der Waals surface area contributed by atoms with E-state index in [0.29, 0.717) is 28.6 Å². The summed E-state index contributed by atoms with van der Waals surface area (Å²) in [4.78, 5) is 30.1. The van der Waals surface area contributed by atoms with Gasteiger partial charge in [-0.1, -0.05) is 30.8 Å². The molecule has 186 valence electrons. The summed E-state index contributed by atoms with van der Waals surface area (Å²) in [5.74, 6) is 0.417. The molecule has 0 bridgehead atoms. The predicted molar refractivity (Wildman–Crippen MR) is 140 cm³/mol. The van der Waals surface area contributed by atoms with Gasteiger partial charge in [0.25, 0.3) is 5.91 Å². The van der Waals surface area contributed by atoms with Crippen LogP contribution in [0.3, 0.4) is 0 Å². The van der Waals surface area contributed by atoms with E-state index in [4.69, 9.17) is 9.47 Å². The zero-order valence-corrected chi connectivity index (χ0v) is 21.9. The second-order valence-electron chi connectivity index (χ2n) is 7.65. The molecule has 4 rings (SSSR count). The van der Waals surface area contributed by atoms with Crippen LogP contribution in [-0.2, 0) is 9.53 Å². The van der Waals surface area contributed by atoms with E-state index in [1.165, 1.54) is 23.1 Å². The first kappa shape index (κ1) is 25.4. The number of hydrogen-bond donors (Lipinski definition) is 1. The molecule has 0 aliphatic heterocycles. The summed E-state index contributed by atoms with van der Waals surface area (Å²) >= 11 is 2.77. The fraction of sp³-hybridized carbons (Fsp3) is 0.240. The smallest absolute Gasteiger partial charge is 0.338 e. The van der Waals surface area contributed by atoms with Gasteiger partial charge < -0.3 is 9.47 Å². The fourth-order valence-corrected chi connectivity index (χ4v) is 4.79. The molecule has 11 heteroatoms. The first-order chi connectivity index (χ1) is 17.4. The van der Waals surface area contributed by atoms with Gasteiger partial charge in [0.15, 0.2) is 16.4 Å². The molecular weight excluding hydrogens is 498 g/mol. The molecule has 0 fully saturated rings. The van der Waals surface area contributed by atoms with Crippen LogP contribution in [0.5, 0.6) is 5.75 Å². The topological polar surface area (TPSA) is 108 Å². The minimum atomic E-state index is -0.959. The number of thiazole rings is 1. The van der Waals surface area contributed by atoms with Crippen molar-refractivity contribution in [1.29, 1.82) is 0 Å². The maximum Gasteiger partial charge on any atom is 0.338 e. The van der Waals surface area contributed by atoms with Gasteiger partial charge in [-0.25, -0.2) is 9.78 Å². The van der Waals surface area contributed by atoms with Gasteiger partial charge in [0.2, 0.25) is 0 Å². The molecule has 1 amide bonds. The van der Waals surface area contributed by atoms with E-state index in [0.717, 1.165) is 22.2 Å². The molecule has 0 saturated carbocycles. The van der Waals surface area contributed by atoms with Crippen LogP contribution in [0.25, 0.3) is 16.9 Å². The Morgan fingerprint density at radius 3 is 2.58 bits per heavy atom. The third-order valence-electron chi connectivity index (χ3n) is 5.37. The van der Waals surface area contributed by atoms with Gasteiger partial charge in [-0.2, -0.15) is 0 Å². The third-order valence-corrected chi connectivity index (χ3v) is 6.76. The Hall–Kier alpha value is -3.70. The quantitative estimate of drug-likeness (QED) is 0.241. The monoisotopic (exact) mass is 523 g/mol. The summed E-state index contributed by atoms with van der Waals surface area (Å²) in [7, 11) is 1.60. The number of aromatic nitrogens is 4. The number of amides is 1. The number of carbonyl (C=O) groups excluding carboxylic acids is 2. The standard InChI is InChI=1S/C25H25N5O4S2/c1-5-20(22(31)27-24-26-19(14-36-24)18-8-6-7-9-21(18)33-3)34-23(32)16-10-12-17(13-11-16)30-15(2)28-29-25(30)35-4/h6-14,20H,5H2,1-4H3,(H,26,27,31). The number of nitrogens with zero attached hydrogens (tertiary/aromatic N) is 4. The van der Waals surface area contributed by atoms with E-state index in [1.54, 1.807) is 38.3 Å². The lowest BCUT2D eigenvalue weighted by Crippen LogP contribution is -2.32. The van der Waals surface area contributed by atoms with E-state index in [2.05, 4.69) is 20.5 Å². The van der Waals surface area contributed by atoms with E-state index >= 15 is 0 Å². The average Bonchev–Trinajstić information content (AvgIpc) is 3.53. The van der Waals surface area contributed by atoms with Gasteiger partial charge in [-0.05, 0) is 56.0 Å². The molecule has 0 spiro atoms. The van der Waals surface area contributed by atoms with Gasteiger partial charge in [0.1, 0.15) is 11.6 Å². The van der Waals surface area contributed by atoms with Crippen LogP contribution in [0.4, 0.5) is 5.13 Å². The van der Waals surface area contributed by atoms with Crippen LogP contribution in [0.15, 0.2) is 59.1 Å². The van der Waals surface area contributed by atoms with Gasteiger partial charge in [-0.3, -0.25) is 14.7 Å². The van der Waals surface area contributed by atoms with Crippen LogP contribution < -0.4 is 10.1 Å². The van der Waals surface area contributed by atoms with Crippen LogP contribution >= 0.6 is 23.1 Å². The number of nitrogens with one attached hydrogen (secondary N) is 1. The summed E-state index contributed by atoms with van der Waals surface area (Å²) < 4.78 is 12.8. The third kappa shape index (κ3) is 5.42. The number of aryl methyl sites for hydroxylation is 1. The molecule has 1 N–H and O–H groups in total. The highest BCUT2D eigenvalue weighted by molar-refractivity contribution is 7.98. The van der Waals surface area contributed by atoms with Crippen LogP contribution in [0.2, 0.25) is 0 Å². The highest BCUT2D eigenvalue weighted by Gasteiger charge is 2.23. The average molecular weight is 524 g/mol. The number of rotatable bonds is 9. The lowest BCUT2D eigenvalue weighted by Gasteiger charge is -2.15. The lowest BCUT2D eigenvalue weighted by molar-refractivity contribution is -0.124. The van der Waals surface area contributed by atoms with Crippen molar-refractivity contribution in [2.45, 2.75) is 31.5 Å². The van der Waals surface area contributed by atoms with Gasteiger partial charge >= 0.3 is 5.97 Å². The van der Waals surface area contributed by atoms with Crippen molar-refractivity contribution >= 4 is 40.1 Å². The summed E-state index contributed by atoms with van der Waals surface area (Å²) in [6.07, 6.45) is 1.28. The summed E-state index contributed by atoms with van der Waals surface area (Å²) in [6, 6.07) is 14.4. The number of thioether (sulfide) groups is 1. The molecule has 2 heterocycles. The highest BCUT2D eigenvalue weighted by atomic mass is 32.2. The summed E-state index contributed by atoms with van der Waals surface area (Å²) in [5, 5.41) is 14.0. The fourth-order valence-electron chi connectivity index (χ4n) is 3.54. The van der Waals surface area contributed by atoms with E-state index in [9.17, 15) is 9.59 Å². The minimum absolute atomic E-state index is 0.317. The SMILES string of the molecule is CCC(OC(=O)c1ccc(-n2c(C)nnc2SC)cc1)C(=O)Nc1nc(-c2ccccc2OC)cs1. The molecule has 0 saturated heterocycles. The molecule has 0 aliphatic rings. The Balaban J connectivity index is 1.42. The second kappa shape index (κ2) is 11.4. The number of para-hydroxylation sites is 1. The molecule has 1 atom stereocenters. The van der Waals surface area contributed by atoms with Gasteiger partial charge in [0, 0.05) is 16.6 Å². The normalized spacial score (nSPS) is 11.7. The molecule has 4 aromatic rings. The van der Waals surface area contributed by atoms with Crippen molar-refractivity contribution in [1.82, 2.24) is 19.7 Å². The molecule has 0 radical (unpaired) electrons. The molecular formula is C25H25N5O4S2. The maximum absolute atomic E-state index is 12.8. The van der Waals surface area contributed by atoms with E-state index < -0.39 is 18.0 Å². The van der Waals surface area contributed by atoms with E-state index in [-0.39, 0.29) is 0 Å². The number of carbonyl (C=O) groups is 2. The predicted octanol–water partition coefficient (Wildman–Crippen LogP) is 5.00. The van der Waals surface area contributed by atoms with Crippen molar-refractivity contribution in [3.8, 4) is 22.7 Å². The first-order valence-corrected chi connectivity index (χ1v) is 13.2. The van der Waals surface area contributed by atoms with Crippen molar-refractivity contribution in [2.24, 2.45) is 0 Å². The summed E-state index contributed by atoms with van der Waals surface area (Å²) in [6.45, 7) is 3.64. The Bertz CT molecular complexity index is 1370. The summed E-state index contributed by atoms with van der Waals surface area (Å²) in [5.41, 5.74) is 2.68. The Labute approximate surface area is 216 Å². The van der Waals surface area contributed by atoms with Crippen molar-refractivity contribution < 1.29 is 19.1 Å². The minimum Gasteiger partial charge on any atom is -0.496 e. The first-order valence-electron chi connectivity index (χ1n) is 11.1. The Morgan fingerprint density at radius 2 is 1.89 bits per heavy atom. The number of hydrogen-bond acceptors (Lipinski definition) is 9. The lowest BCUT2D eigenvalue weighted by atomic mass is 10.1. The maximum atomic E-state index is 12.8. The van der Waals surface area contributed by atoms with E-state index in [1.807, 2.05) is 47.4 Å². The largest absolute Gasteiger partial charge is 0.496 e. The van der Waals surface area contributed by atoms with Crippen LogP contribution in [0, 0.1) is 6.92 Å². The molecule has 36 heavy (non-hydrogen) atoms. The molecule has 1 unspecified atom stereocenters. The Morgan fingerprint density at radius 1 is 1.14 bits per heavy atom. The van der Waals surface area contributed by atoms with Crippen molar-refractivity contribution in [2.75, 3.05) is 18.7 Å². The zero-order chi connectivity index (χ0) is 25.7. The number of esters is 1. The van der Waals surface area contributed by atoms with Gasteiger partial charge in [-0.15, -0.1) is 21.5 Å². The highest BCUT2D eigenvalue weighted by Crippen LogP contribution is 2.32. The number of ether oxygens (including phenoxy) is 2. The van der Waals surface area contributed by atoms with Gasteiger partial charge in [0.05, 0.1) is 18.4 Å². The number of methoxy groups -OCH3 is 1. The number of benzene rings is 2. The van der Waals surface area contributed by atoms with Crippen molar-refractivity contribution in [3.63, 3.8) is 0 Å². The van der Waals surface area contributed by atoms with Crippen molar-refractivity contribution in [3.05, 3.63) is 65.3 Å². The van der Waals surface area contributed by atoms with Crippen LogP contribution in [-0.4, -0.2) is 51.1 Å². The second-order valence-corrected chi connectivity index (χ2v) is 9.28. The molecule has 2 aromatic carbocycles. The molecule has 0 aliphatic carbocycles. The number of anilines is 1. The molecule has 9 nitrogen and oxygen atoms in total. The Kier molecular flexibility index (Phi) is 8.01.